The lowest BCUT2D eigenvalue weighted by atomic mass is 10.2. The average molecular weight is 364 g/mol. The van der Waals surface area contributed by atoms with Gasteiger partial charge < -0.3 is 0 Å². The zero-order chi connectivity index (χ0) is 17.9. The molecule has 0 atom stereocenters. The lowest BCUT2D eigenvalue weighted by Gasteiger charge is -2.04. The minimum absolute atomic E-state index is 0.113. The highest BCUT2D eigenvalue weighted by Gasteiger charge is 2.13. The van der Waals surface area contributed by atoms with Crippen molar-refractivity contribution in [1.82, 2.24) is 24.5 Å². The van der Waals surface area contributed by atoms with E-state index in [1.807, 2.05) is 47.9 Å². The van der Waals surface area contributed by atoms with Crippen LogP contribution in [0.25, 0.3) is 16.9 Å². The summed E-state index contributed by atoms with van der Waals surface area (Å²) in [4.78, 5) is 16.9. The predicted molar refractivity (Wildman–Crippen MR) is 102 cm³/mol. The summed E-state index contributed by atoms with van der Waals surface area (Å²) in [6.45, 7) is 2.03. The first-order valence-corrected chi connectivity index (χ1v) is 8.25. The van der Waals surface area contributed by atoms with Crippen molar-refractivity contribution in [3.05, 3.63) is 71.5 Å². The maximum absolute atomic E-state index is 6.09. The molecule has 7 nitrogen and oxygen atoms in total. The molecule has 0 unspecified atom stereocenters. The number of nitrogens with zero attached hydrogens (tertiary/aromatic N) is 6. The summed E-state index contributed by atoms with van der Waals surface area (Å²) in [7, 11) is 0. The van der Waals surface area contributed by atoms with Crippen molar-refractivity contribution in [2.75, 3.05) is 5.43 Å². The number of hydrogen-bond donors (Lipinski definition) is 1. The highest BCUT2D eigenvalue weighted by atomic mass is 35.5. The smallest absolute Gasteiger partial charge is 0.226 e. The molecule has 3 aromatic heterocycles. The van der Waals surface area contributed by atoms with Gasteiger partial charge in [-0.25, -0.2) is 4.98 Å². The summed E-state index contributed by atoms with van der Waals surface area (Å²) in [6.07, 6.45) is 6.79. The highest BCUT2D eigenvalue weighted by molar-refractivity contribution is 6.28. The summed E-state index contributed by atoms with van der Waals surface area (Å²) in [5.74, 6) is 0.441. The second-order valence-electron chi connectivity index (χ2n) is 5.62. The molecule has 4 rings (SSSR count). The Morgan fingerprint density at radius 3 is 2.81 bits per heavy atom. The van der Waals surface area contributed by atoms with Gasteiger partial charge in [-0.05, 0) is 36.2 Å². The fourth-order valence-electron chi connectivity index (χ4n) is 2.56. The van der Waals surface area contributed by atoms with Gasteiger partial charge in [0.15, 0.2) is 17.0 Å². The Hall–Kier alpha value is -3.32. The van der Waals surface area contributed by atoms with Crippen molar-refractivity contribution in [3.8, 4) is 5.69 Å². The van der Waals surface area contributed by atoms with Gasteiger partial charge in [-0.15, -0.1) is 0 Å². The molecule has 0 radical (unpaired) electrons. The third-order valence-electron chi connectivity index (χ3n) is 3.74. The van der Waals surface area contributed by atoms with Gasteiger partial charge >= 0.3 is 0 Å². The summed E-state index contributed by atoms with van der Waals surface area (Å²) < 4.78 is 1.82. The largest absolute Gasteiger partial charge is 0.283 e. The van der Waals surface area contributed by atoms with E-state index in [0.29, 0.717) is 17.0 Å². The number of pyridine rings is 1. The molecule has 0 amide bonds. The topological polar surface area (TPSA) is 80.9 Å². The Morgan fingerprint density at radius 1 is 1.15 bits per heavy atom. The minimum Gasteiger partial charge on any atom is -0.283 e. The van der Waals surface area contributed by atoms with E-state index in [2.05, 4.69) is 30.5 Å². The lowest BCUT2D eigenvalue weighted by molar-refractivity contribution is 1.05. The van der Waals surface area contributed by atoms with E-state index in [9.17, 15) is 0 Å². The van der Waals surface area contributed by atoms with E-state index in [1.165, 1.54) is 0 Å². The number of rotatable bonds is 4. The average Bonchev–Trinajstić information content (AvgIpc) is 3.06. The molecule has 0 saturated heterocycles. The van der Waals surface area contributed by atoms with Gasteiger partial charge in [0.05, 0.1) is 11.9 Å². The monoisotopic (exact) mass is 363 g/mol. The molecule has 128 valence electrons. The molecule has 0 aliphatic heterocycles. The SMILES string of the molecule is Cc1cccc(/C=N/Nc2nc(Cl)nc3c2ncn3-c2ccncc2)c1. The molecule has 8 heteroatoms. The van der Waals surface area contributed by atoms with Gasteiger partial charge in [0.2, 0.25) is 5.28 Å². The second kappa shape index (κ2) is 6.89. The van der Waals surface area contributed by atoms with E-state index in [0.717, 1.165) is 16.8 Å². The maximum Gasteiger partial charge on any atom is 0.226 e. The van der Waals surface area contributed by atoms with Crippen molar-refractivity contribution in [3.63, 3.8) is 0 Å². The fourth-order valence-corrected chi connectivity index (χ4v) is 2.73. The van der Waals surface area contributed by atoms with Gasteiger partial charge in [0.1, 0.15) is 6.33 Å². The van der Waals surface area contributed by atoms with Crippen molar-refractivity contribution >= 4 is 34.8 Å². The number of aromatic nitrogens is 5. The number of halogens is 1. The van der Waals surface area contributed by atoms with E-state index < -0.39 is 0 Å². The summed E-state index contributed by atoms with van der Waals surface area (Å²) >= 11 is 6.09. The summed E-state index contributed by atoms with van der Waals surface area (Å²) in [5.41, 5.74) is 7.10. The zero-order valence-electron chi connectivity index (χ0n) is 13.8. The van der Waals surface area contributed by atoms with Gasteiger partial charge in [-0.3, -0.25) is 15.0 Å². The normalized spacial score (nSPS) is 11.3. The molecular formula is C18H14ClN7. The van der Waals surface area contributed by atoms with Crippen LogP contribution in [0, 0.1) is 6.92 Å². The van der Waals surface area contributed by atoms with Crippen LogP contribution in [0.1, 0.15) is 11.1 Å². The Labute approximate surface area is 154 Å². The number of aryl methyl sites for hydroxylation is 1. The van der Waals surface area contributed by atoms with Crippen molar-refractivity contribution in [1.29, 1.82) is 0 Å². The first-order valence-electron chi connectivity index (χ1n) is 7.87. The summed E-state index contributed by atoms with van der Waals surface area (Å²) in [5, 5.41) is 4.36. The molecule has 26 heavy (non-hydrogen) atoms. The first-order chi connectivity index (χ1) is 12.7. The molecule has 4 aromatic rings. The van der Waals surface area contributed by atoms with Crippen LogP contribution in [0.3, 0.4) is 0 Å². The van der Waals surface area contributed by atoms with E-state index in [1.54, 1.807) is 24.9 Å². The number of imidazole rings is 1. The molecular weight excluding hydrogens is 350 g/mol. The summed E-state index contributed by atoms with van der Waals surface area (Å²) in [6, 6.07) is 11.7. The number of benzene rings is 1. The molecule has 0 fully saturated rings. The van der Waals surface area contributed by atoms with Crippen molar-refractivity contribution in [2.45, 2.75) is 6.92 Å². The van der Waals surface area contributed by atoms with Crippen molar-refractivity contribution in [2.24, 2.45) is 5.10 Å². The van der Waals surface area contributed by atoms with Gasteiger partial charge in [-0.1, -0.05) is 29.8 Å². The van der Waals surface area contributed by atoms with E-state index >= 15 is 0 Å². The van der Waals surface area contributed by atoms with E-state index in [-0.39, 0.29) is 5.28 Å². The molecule has 0 saturated carbocycles. The number of anilines is 1. The first kappa shape index (κ1) is 16.2. The van der Waals surface area contributed by atoms with Crippen LogP contribution in [0.15, 0.2) is 60.2 Å². The van der Waals surface area contributed by atoms with Gasteiger partial charge in [-0.2, -0.15) is 15.1 Å². The van der Waals surface area contributed by atoms with Crippen LogP contribution in [0.2, 0.25) is 5.28 Å². The highest BCUT2D eigenvalue weighted by Crippen LogP contribution is 2.23. The minimum atomic E-state index is 0.113. The molecule has 1 N–H and O–H groups in total. The molecule has 0 bridgehead atoms. The van der Waals surface area contributed by atoms with E-state index in [4.69, 9.17) is 11.6 Å². The number of hydrogen-bond acceptors (Lipinski definition) is 6. The van der Waals surface area contributed by atoms with Crippen LogP contribution >= 0.6 is 11.6 Å². The number of nitrogens with one attached hydrogen (secondary N) is 1. The van der Waals surface area contributed by atoms with Crippen LogP contribution in [0.4, 0.5) is 5.82 Å². The third kappa shape index (κ3) is 3.25. The Kier molecular flexibility index (Phi) is 4.28. The Bertz CT molecular complexity index is 1090. The van der Waals surface area contributed by atoms with Crippen LogP contribution in [0.5, 0.6) is 0 Å². The second-order valence-corrected chi connectivity index (χ2v) is 5.96. The molecule has 0 aliphatic carbocycles. The van der Waals surface area contributed by atoms with Gasteiger partial charge in [0, 0.05) is 12.4 Å². The fraction of sp³-hybridized carbons (Fsp3) is 0.0556. The van der Waals surface area contributed by atoms with Crippen LogP contribution < -0.4 is 5.43 Å². The van der Waals surface area contributed by atoms with Crippen molar-refractivity contribution < 1.29 is 0 Å². The molecule has 0 spiro atoms. The quantitative estimate of drug-likeness (QED) is 0.340. The lowest BCUT2D eigenvalue weighted by Crippen LogP contribution is -1.99. The molecule has 3 heterocycles. The third-order valence-corrected chi connectivity index (χ3v) is 3.90. The molecule has 1 aromatic carbocycles. The molecule has 0 aliphatic rings. The predicted octanol–water partition coefficient (Wildman–Crippen LogP) is 3.62. The Balaban J connectivity index is 1.69. The number of fused-ring (bicyclic) bond motifs is 1. The van der Waals surface area contributed by atoms with Crippen LogP contribution in [-0.2, 0) is 0 Å². The maximum atomic E-state index is 6.09. The van der Waals surface area contributed by atoms with Crippen LogP contribution in [-0.4, -0.2) is 30.7 Å². The zero-order valence-corrected chi connectivity index (χ0v) is 14.6. The number of hydrazone groups is 1. The Morgan fingerprint density at radius 2 is 2.00 bits per heavy atom. The standard InChI is InChI=1S/C18H14ClN7/c1-12-3-2-4-13(9-12)10-22-25-16-15-17(24-18(19)23-16)26(11-21-15)14-5-7-20-8-6-14/h2-11H,1H3,(H,23,24,25)/b22-10+. The van der Waals surface area contributed by atoms with Gasteiger partial charge in [0.25, 0.3) is 0 Å².